The molecule has 0 unspecified atom stereocenters. The Morgan fingerprint density at radius 1 is 1.00 bits per heavy atom. The lowest BCUT2D eigenvalue weighted by atomic mass is 9.80. The molecule has 0 aliphatic carbocycles. The fourth-order valence-electron chi connectivity index (χ4n) is 1.59. The summed E-state index contributed by atoms with van der Waals surface area (Å²) < 4.78 is 20.8. The van der Waals surface area contributed by atoms with E-state index in [2.05, 4.69) is 0 Å². The second-order valence-electron chi connectivity index (χ2n) is 3.82. The molecule has 1 aromatic rings. The Morgan fingerprint density at radius 3 is 2.21 bits per heavy atom. The van der Waals surface area contributed by atoms with Crippen molar-refractivity contribution < 1.29 is 29.0 Å². The van der Waals surface area contributed by atoms with E-state index in [1.54, 1.807) is 7.11 Å². The molecule has 1 aromatic carbocycles. The fourth-order valence-corrected chi connectivity index (χ4v) is 1.59. The van der Waals surface area contributed by atoms with Gasteiger partial charge in [0.25, 0.3) is 0 Å². The highest BCUT2D eigenvalue weighted by molar-refractivity contribution is 6.58. The normalized spacial score (nSPS) is 10.2. The molecule has 0 spiro atoms. The molecule has 2 N–H and O–H groups in total. The standard InChI is InChI=1S/C12H19BO6/c1-16-5-4-6-19-11-8-9(13(14)15)7-10(17-2)12(11)18-3/h7-8,14-15H,4-6H2,1-3H3. The number of methoxy groups -OCH3 is 3. The van der Waals surface area contributed by atoms with Gasteiger partial charge < -0.3 is 29.0 Å². The van der Waals surface area contributed by atoms with Gasteiger partial charge >= 0.3 is 7.12 Å². The molecule has 0 heterocycles. The number of rotatable bonds is 8. The van der Waals surface area contributed by atoms with Gasteiger partial charge in [0.05, 0.1) is 20.8 Å². The average Bonchev–Trinajstić information content (AvgIpc) is 2.42. The molecule has 0 atom stereocenters. The summed E-state index contributed by atoms with van der Waals surface area (Å²) in [4.78, 5) is 0. The Labute approximate surface area is 113 Å². The number of hydrogen-bond donors (Lipinski definition) is 2. The first kappa shape index (κ1) is 15.6. The maximum atomic E-state index is 9.22. The first-order valence-electron chi connectivity index (χ1n) is 5.87. The topological polar surface area (TPSA) is 77.4 Å². The molecule has 0 fully saturated rings. The van der Waals surface area contributed by atoms with Gasteiger partial charge in [-0.3, -0.25) is 0 Å². The van der Waals surface area contributed by atoms with E-state index in [1.165, 1.54) is 26.4 Å². The Kier molecular flexibility index (Phi) is 6.48. The lowest BCUT2D eigenvalue weighted by Crippen LogP contribution is -2.30. The first-order chi connectivity index (χ1) is 9.13. The van der Waals surface area contributed by atoms with Crippen LogP contribution in [0.5, 0.6) is 17.2 Å². The highest BCUT2D eigenvalue weighted by atomic mass is 16.5. The van der Waals surface area contributed by atoms with Crippen LogP contribution in [0.2, 0.25) is 0 Å². The van der Waals surface area contributed by atoms with E-state index in [1.807, 2.05) is 0 Å². The Morgan fingerprint density at radius 2 is 1.68 bits per heavy atom. The van der Waals surface area contributed by atoms with Gasteiger partial charge in [0.1, 0.15) is 0 Å². The zero-order chi connectivity index (χ0) is 14.3. The van der Waals surface area contributed by atoms with Gasteiger partial charge in [0.15, 0.2) is 11.5 Å². The highest BCUT2D eigenvalue weighted by Gasteiger charge is 2.19. The third-order valence-electron chi connectivity index (χ3n) is 2.52. The molecule has 7 heteroatoms. The number of benzene rings is 1. The van der Waals surface area contributed by atoms with Gasteiger partial charge in [0, 0.05) is 20.1 Å². The van der Waals surface area contributed by atoms with Crippen molar-refractivity contribution in [1.82, 2.24) is 0 Å². The van der Waals surface area contributed by atoms with Crippen LogP contribution in [0.15, 0.2) is 12.1 Å². The summed E-state index contributed by atoms with van der Waals surface area (Å²) in [5.74, 6) is 1.21. The second-order valence-corrected chi connectivity index (χ2v) is 3.82. The van der Waals surface area contributed by atoms with Crippen molar-refractivity contribution in [3.05, 3.63) is 12.1 Å². The van der Waals surface area contributed by atoms with Crippen molar-refractivity contribution in [2.45, 2.75) is 6.42 Å². The molecule has 0 aromatic heterocycles. The van der Waals surface area contributed by atoms with Crippen LogP contribution in [0.3, 0.4) is 0 Å². The van der Waals surface area contributed by atoms with Crippen LogP contribution >= 0.6 is 0 Å². The lowest BCUT2D eigenvalue weighted by molar-refractivity contribution is 0.170. The lowest BCUT2D eigenvalue weighted by Gasteiger charge is -2.15. The van der Waals surface area contributed by atoms with Gasteiger partial charge in [-0.2, -0.15) is 0 Å². The molecule has 6 nitrogen and oxygen atoms in total. The van der Waals surface area contributed by atoms with Crippen molar-refractivity contribution in [2.75, 3.05) is 34.5 Å². The monoisotopic (exact) mass is 270 g/mol. The summed E-state index contributed by atoms with van der Waals surface area (Å²) in [6.45, 7) is 1.01. The van der Waals surface area contributed by atoms with E-state index in [9.17, 15) is 10.0 Å². The quantitative estimate of drug-likeness (QED) is 0.503. The summed E-state index contributed by atoms with van der Waals surface area (Å²) in [5.41, 5.74) is 0.277. The maximum absolute atomic E-state index is 9.22. The van der Waals surface area contributed by atoms with Crippen molar-refractivity contribution >= 4 is 12.6 Å². The maximum Gasteiger partial charge on any atom is 0.488 e. The molecule has 1 rings (SSSR count). The zero-order valence-electron chi connectivity index (χ0n) is 11.4. The SMILES string of the molecule is COCCCOc1cc(B(O)O)cc(OC)c1OC. The summed E-state index contributed by atoms with van der Waals surface area (Å²) in [6.07, 6.45) is 0.716. The molecule has 106 valence electrons. The Bertz CT molecular complexity index is 396. The van der Waals surface area contributed by atoms with Crippen LogP contribution < -0.4 is 19.7 Å². The van der Waals surface area contributed by atoms with Crippen molar-refractivity contribution in [3.63, 3.8) is 0 Å². The summed E-state index contributed by atoms with van der Waals surface area (Å²) in [6, 6.07) is 3.00. The van der Waals surface area contributed by atoms with Gasteiger partial charge in [-0.05, 0) is 17.6 Å². The zero-order valence-corrected chi connectivity index (χ0v) is 11.4. The van der Waals surface area contributed by atoms with E-state index in [4.69, 9.17) is 18.9 Å². The number of ether oxygens (including phenoxy) is 4. The fraction of sp³-hybridized carbons (Fsp3) is 0.500. The van der Waals surface area contributed by atoms with Gasteiger partial charge in [0.2, 0.25) is 5.75 Å². The van der Waals surface area contributed by atoms with Gasteiger partial charge in [-0.1, -0.05) is 0 Å². The molecular weight excluding hydrogens is 251 g/mol. The molecule has 19 heavy (non-hydrogen) atoms. The third kappa shape index (κ3) is 4.31. The number of hydrogen-bond acceptors (Lipinski definition) is 6. The van der Waals surface area contributed by atoms with Crippen LogP contribution in [0.4, 0.5) is 0 Å². The Hall–Kier alpha value is -1.44. The van der Waals surface area contributed by atoms with Crippen LogP contribution in [0.25, 0.3) is 0 Å². The molecule has 0 aliphatic rings. The summed E-state index contributed by atoms with van der Waals surface area (Å²) in [7, 11) is 2.99. The van der Waals surface area contributed by atoms with E-state index >= 15 is 0 Å². The van der Waals surface area contributed by atoms with Crippen molar-refractivity contribution in [2.24, 2.45) is 0 Å². The van der Waals surface area contributed by atoms with E-state index in [0.717, 1.165) is 0 Å². The second kappa shape index (κ2) is 7.88. The van der Waals surface area contributed by atoms with Gasteiger partial charge in [-0.25, -0.2) is 0 Å². The average molecular weight is 270 g/mol. The van der Waals surface area contributed by atoms with Crippen LogP contribution in [-0.2, 0) is 4.74 Å². The van der Waals surface area contributed by atoms with E-state index in [0.29, 0.717) is 36.9 Å². The van der Waals surface area contributed by atoms with Crippen LogP contribution in [-0.4, -0.2) is 51.7 Å². The first-order valence-corrected chi connectivity index (χ1v) is 5.87. The molecule has 0 amide bonds. The third-order valence-corrected chi connectivity index (χ3v) is 2.52. The predicted octanol–water partition coefficient (Wildman–Crippen LogP) is -0.201. The molecule has 0 radical (unpaired) electrons. The minimum atomic E-state index is -1.60. The van der Waals surface area contributed by atoms with E-state index < -0.39 is 7.12 Å². The molecule has 0 saturated carbocycles. The van der Waals surface area contributed by atoms with Crippen molar-refractivity contribution in [1.29, 1.82) is 0 Å². The minimum Gasteiger partial charge on any atom is -0.493 e. The predicted molar refractivity (Wildman–Crippen MR) is 71.4 cm³/mol. The summed E-state index contributed by atoms with van der Waals surface area (Å²) in [5, 5.41) is 18.4. The van der Waals surface area contributed by atoms with Gasteiger partial charge in [-0.15, -0.1) is 0 Å². The largest absolute Gasteiger partial charge is 0.493 e. The molecule has 0 saturated heterocycles. The van der Waals surface area contributed by atoms with Crippen LogP contribution in [0, 0.1) is 0 Å². The minimum absolute atomic E-state index is 0.277. The molecule has 0 bridgehead atoms. The molecular formula is C12H19BO6. The van der Waals surface area contributed by atoms with Crippen molar-refractivity contribution in [3.8, 4) is 17.2 Å². The smallest absolute Gasteiger partial charge is 0.488 e. The highest BCUT2D eigenvalue weighted by Crippen LogP contribution is 2.36. The molecule has 0 aliphatic heterocycles. The van der Waals surface area contributed by atoms with Crippen LogP contribution in [0.1, 0.15) is 6.42 Å². The van der Waals surface area contributed by atoms with E-state index in [-0.39, 0.29) is 5.46 Å². The summed E-state index contributed by atoms with van der Waals surface area (Å²) >= 11 is 0. The Balaban J connectivity index is 2.94.